The van der Waals surface area contributed by atoms with E-state index in [4.69, 9.17) is 21.4 Å². The van der Waals surface area contributed by atoms with E-state index in [-0.39, 0.29) is 10.6 Å². The zero-order valence-corrected chi connectivity index (χ0v) is 10.5. The molecule has 0 bridgehead atoms. The first-order valence-corrected chi connectivity index (χ1v) is 5.20. The molecule has 1 rings (SSSR count). The van der Waals surface area contributed by atoms with Crippen molar-refractivity contribution in [3.8, 4) is 5.75 Å². The fourth-order valence-corrected chi connectivity index (χ4v) is 2.32. The van der Waals surface area contributed by atoms with E-state index in [9.17, 15) is 4.79 Å². The van der Waals surface area contributed by atoms with Gasteiger partial charge in [-0.1, -0.05) is 11.6 Å². The number of aromatic carboxylic acids is 1. The lowest BCUT2D eigenvalue weighted by Gasteiger charge is -2.10. The number of halogens is 2. The number of benzene rings is 1. The van der Waals surface area contributed by atoms with Gasteiger partial charge in [0, 0.05) is 9.13 Å². The van der Waals surface area contributed by atoms with E-state index in [2.05, 4.69) is 0 Å². The molecule has 76 valence electrons. The molecule has 0 aliphatic rings. The van der Waals surface area contributed by atoms with Crippen molar-refractivity contribution in [1.29, 1.82) is 0 Å². The van der Waals surface area contributed by atoms with Gasteiger partial charge in [-0.3, -0.25) is 0 Å². The Morgan fingerprint density at radius 1 is 1.64 bits per heavy atom. The molecule has 0 saturated heterocycles. The van der Waals surface area contributed by atoms with Gasteiger partial charge in [-0.05, 0) is 35.6 Å². The molecule has 0 radical (unpaired) electrons. The van der Waals surface area contributed by atoms with E-state index in [1.54, 1.807) is 13.0 Å². The van der Waals surface area contributed by atoms with E-state index in [1.165, 1.54) is 7.11 Å². The number of carboxylic acid groups (broad SMARTS) is 1. The number of carboxylic acids is 1. The Morgan fingerprint density at radius 3 is 2.64 bits per heavy atom. The van der Waals surface area contributed by atoms with Crippen LogP contribution in [-0.2, 0) is 0 Å². The molecule has 0 amide bonds. The third-order valence-electron chi connectivity index (χ3n) is 1.85. The molecular formula is C9H8ClIO3. The van der Waals surface area contributed by atoms with Crippen molar-refractivity contribution in [2.24, 2.45) is 0 Å². The number of hydrogen-bond acceptors (Lipinski definition) is 2. The second-order valence-electron chi connectivity index (χ2n) is 2.68. The van der Waals surface area contributed by atoms with Crippen LogP contribution in [0.25, 0.3) is 0 Å². The third kappa shape index (κ3) is 1.95. The summed E-state index contributed by atoms with van der Waals surface area (Å²) in [6.45, 7) is 1.73. The summed E-state index contributed by atoms with van der Waals surface area (Å²) in [6.07, 6.45) is 0. The second kappa shape index (κ2) is 4.35. The highest BCUT2D eigenvalue weighted by Gasteiger charge is 2.18. The van der Waals surface area contributed by atoms with Crippen molar-refractivity contribution >= 4 is 40.2 Å². The summed E-state index contributed by atoms with van der Waals surface area (Å²) in [5, 5.41) is 9.14. The molecule has 1 N–H and O–H groups in total. The molecule has 1 aromatic carbocycles. The minimum atomic E-state index is -1.02. The first-order valence-electron chi connectivity index (χ1n) is 3.75. The molecule has 0 aliphatic heterocycles. The van der Waals surface area contributed by atoms with Gasteiger partial charge in [-0.15, -0.1) is 0 Å². The molecule has 0 unspecified atom stereocenters. The zero-order valence-electron chi connectivity index (χ0n) is 7.60. The van der Waals surface area contributed by atoms with Crippen LogP contribution in [-0.4, -0.2) is 18.2 Å². The lowest BCUT2D eigenvalue weighted by molar-refractivity contribution is 0.0696. The van der Waals surface area contributed by atoms with Gasteiger partial charge in [0.25, 0.3) is 0 Å². The smallest absolute Gasteiger partial charge is 0.338 e. The predicted molar refractivity (Wildman–Crippen MR) is 62.4 cm³/mol. The Labute approximate surface area is 100 Å². The minimum absolute atomic E-state index is 0.130. The predicted octanol–water partition coefficient (Wildman–Crippen LogP) is 2.96. The third-order valence-corrected chi connectivity index (χ3v) is 3.17. The molecular weight excluding hydrogens is 318 g/mol. The summed E-state index contributed by atoms with van der Waals surface area (Å²) in [6, 6.07) is 1.66. The van der Waals surface area contributed by atoms with Crippen LogP contribution in [0.4, 0.5) is 0 Å². The maximum atomic E-state index is 10.9. The van der Waals surface area contributed by atoms with Crippen LogP contribution in [0.2, 0.25) is 5.02 Å². The molecule has 0 aromatic heterocycles. The average molecular weight is 327 g/mol. The van der Waals surface area contributed by atoms with Crippen LogP contribution >= 0.6 is 34.2 Å². The van der Waals surface area contributed by atoms with E-state index in [1.807, 2.05) is 22.6 Å². The topological polar surface area (TPSA) is 46.5 Å². The maximum Gasteiger partial charge on any atom is 0.338 e. The van der Waals surface area contributed by atoms with E-state index >= 15 is 0 Å². The standard InChI is InChI=1S/C9H8ClIO3/c1-4-6(14-2)3-5(11)7(8(4)10)9(12)13/h3H,1-2H3,(H,12,13). The summed E-state index contributed by atoms with van der Waals surface area (Å²) in [5.74, 6) is -0.422. The molecule has 0 heterocycles. The SMILES string of the molecule is COc1cc(I)c(C(=O)O)c(Cl)c1C. The highest BCUT2D eigenvalue weighted by atomic mass is 127. The molecule has 0 atom stereocenters. The van der Waals surface area contributed by atoms with Crippen LogP contribution in [0.3, 0.4) is 0 Å². The largest absolute Gasteiger partial charge is 0.496 e. The monoisotopic (exact) mass is 326 g/mol. The lowest BCUT2D eigenvalue weighted by Crippen LogP contribution is -2.03. The van der Waals surface area contributed by atoms with Crippen molar-refractivity contribution in [3.63, 3.8) is 0 Å². The van der Waals surface area contributed by atoms with Crippen LogP contribution < -0.4 is 4.74 Å². The van der Waals surface area contributed by atoms with Gasteiger partial charge >= 0.3 is 5.97 Å². The first-order chi connectivity index (χ1) is 6.49. The van der Waals surface area contributed by atoms with Gasteiger partial charge < -0.3 is 9.84 Å². The Bertz CT molecular complexity index is 390. The fraction of sp³-hybridized carbons (Fsp3) is 0.222. The van der Waals surface area contributed by atoms with Crippen LogP contribution in [0, 0.1) is 10.5 Å². The zero-order chi connectivity index (χ0) is 10.9. The highest BCUT2D eigenvalue weighted by molar-refractivity contribution is 14.1. The number of carbonyl (C=O) groups is 1. The quantitative estimate of drug-likeness (QED) is 0.850. The number of rotatable bonds is 2. The molecule has 0 spiro atoms. The molecule has 0 saturated carbocycles. The molecule has 5 heteroatoms. The molecule has 1 aromatic rings. The summed E-state index contributed by atoms with van der Waals surface area (Å²) < 4.78 is 5.63. The number of hydrogen-bond donors (Lipinski definition) is 1. The molecule has 0 fully saturated rings. The summed E-state index contributed by atoms with van der Waals surface area (Å²) in [4.78, 5) is 10.9. The average Bonchev–Trinajstić information content (AvgIpc) is 2.10. The Hall–Kier alpha value is -0.490. The Kier molecular flexibility index (Phi) is 3.60. The Balaban J connectivity index is 3.49. The molecule has 3 nitrogen and oxygen atoms in total. The van der Waals surface area contributed by atoms with Gasteiger partial charge in [0.05, 0.1) is 17.7 Å². The molecule has 14 heavy (non-hydrogen) atoms. The normalized spacial score (nSPS) is 10.0. The fourth-order valence-electron chi connectivity index (χ4n) is 1.10. The second-order valence-corrected chi connectivity index (χ2v) is 4.22. The minimum Gasteiger partial charge on any atom is -0.496 e. The van der Waals surface area contributed by atoms with Crippen molar-refractivity contribution in [3.05, 3.63) is 25.8 Å². The van der Waals surface area contributed by atoms with Gasteiger partial charge in [-0.25, -0.2) is 4.79 Å². The van der Waals surface area contributed by atoms with Gasteiger partial charge in [0.2, 0.25) is 0 Å². The van der Waals surface area contributed by atoms with Crippen LogP contribution in [0.1, 0.15) is 15.9 Å². The summed E-state index contributed by atoms with van der Waals surface area (Å²) >= 11 is 7.83. The molecule has 0 aliphatic carbocycles. The first kappa shape index (κ1) is 11.6. The van der Waals surface area contributed by atoms with Crippen LogP contribution in [0.15, 0.2) is 6.07 Å². The number of methoxy groups -OCH3 is 1. The van der Waals surface area contributed by atoms with Gasteiger partial charge in [0.15, 0.2) is 0 Å². The highest BCUT2D eigenvalue weighted by Crippen LogP contribution is 2.32. The van der Waals surface area contributed by atoms with Crippen LogP contribution in [0.5, 0.6) is 5.75 Å². The van der Waals surface area contributed by atoms with Gasteiger partial charge in [-0.2, -0.15) is 0 Å². The lowest BCUT2D eigenvalue weighted by atomic mass is 10.1. The summed E-state index contributed by atoms with van der Waals surface area (Å²) in [7, 11) is 1.52. The van der Waals surface area contributed by atoms with E-state index < -0.39 is 5.97 Å². The van der Waals surface area contributed by atoms with Crippen molar-refractivity contribution in [2.75, 3.05) is 7.11 Å². The Morgan fingerprint density at radius 2 is 2.21 bits per heavy atom. The van der Waals surface area contributed by atoms with E-state index in [0.29, 0.717) is 14.9 Å². The maximum absolute atomic E-state index is 10.9. The summed E-state index contributed by atoms with van der Waals surface area (Å²) in [5.41, 5.74) is 0.776. The van der Waals surface area contributed by atoms with Crippen molar-refractivity contribution < 1.29 is 14.6 Å². The van der Waals surface area contributed by atoms with Crippen molar-refractivity contribution in [1.82, 2.24) is 0 Å². The number of ether oxygens (including phenoxy) is 1. The van der Waals surface area contributed by atoms with Crippen molar-refractivity contribution in [2.45, 2.75) is 6.92 Å². The van der Waals surface area contributed by atoms with E-state index in [0.717, 1.165) is 0 Å². The van der Waals surface area contributed by atoms with Gasteiger partial charge in [0.1, 0.15) is 5.75 Å².